The molecule has 0 bridgehead atoms. The van der Waals surface area contributed by atoms with Gasteiger partial charge in [0, 0.05) is 49.0 Å². The predicted molar refractivity (Wildman–Crippen MR) is 138 cm³/mol. The molecule has 1 aromatic rings. The summed E-state index contributed by atoms with van der Waals surface area (Å²) in [7, 11) is 0. The molecule has 2 saturated heterocycles. The molecule has 3 fully saturated rings. The Morgan fingerprint density at radius 2 is 1.66 bits per heavy atom. The standard InChI is InChI=1S/C28H41ClN2O4/c1-20-15-24(16-21(2)26(20)29)35-19-28(17-25(33)30-13-9-23(32)10-14-30)11-6-12-31(18-28)27(34)22-7-4-3-5-8-22/h15-16,22-23,32H,3-14,17-19H2,1-2H3/t28-/m1/s1. The maximum absolute atomic E-state index is 13.4. The highest BCUT2D eigenvalue weighted by Crippen LogP contribution is 2.38. The number of nitrogens with zero attached hydrogens (tertiary/aromatic N) is 2. The molecule has 1 aliphatic carbocycles. The number of hydrogen-bond donors (Lipinski definition) is 1. The van der Waals surface area contributed by atoms with Crippen LogP contribution in [0.1, 0.15) is 75.3 Å². The van der Waals surface area contributed by atoms with Gasteiger partial charge in [0.25, 0.3) is 0 Å². The number of carbonyl (C=O) groups is 2. The minimum absolute atomic E-state index is 0.107. The van der Waals surface area contributed by atoms with E-state index in [9.17, 15) is 14.7 Å². The zero-order chi connectivity index (χ0) is 25.0. The number of halogens is 1. The predicted octanol–water partition coefficient (Wildman–Crippen LogP) is 4.90. The van der Waals surface area contributed by atoms with Crippen LogP contribution in [0.2, 0.25) is 5.02 Å². The van der Waals surface area contributed by atoms with Crippen molar-refractivity contribution in [3.05, 3.63) is 28.3 Å². The number of ether oxygens (including phenoxy) is 1. The van der Waals surface area contributed by atoms with Gasteiger partial charge in [0.15, 0.2) is 0 Å². The maximum atomic E-state index is 13.4. The summed E-state index contributed by atoms with van der Waals surface area (Å²) >= 11 is 6.35. The number of rotatable bonds is 6. The van der Waals surface area contributed by atoms with Crippen LogP contribution in [-0.4, -0.2) is 65.6 Å². The highest BCUT2D eigenvalue weighted by atomic mass is 35.5. The molecule has 0 radical (unpaired) electrons. The maximum Gasteiger partial charge on any atom is 0.225 e. The van der Waals surface area contributed by atoms with Gasteiger partial charge in [-0.1, -0.05) is 30.9 Å². The van der Waals surface area contributed by atoms with Gasteiger partial charge in [-0.15, -0.1) is 0 Å². The van der Waals surface area contributed by atoms with E-state index in [-0.39, 0.29) is 23.8 Å². The number of aliphatic hydroxyl groups is 1. The van der Waals surface area contributed by atoms with Gasteiger partial charge in [-0.3, -0.25) is 9.59 Å². The van der Waals surface area contributed by atoms with Gasteiger partial charge in [0.05, 0.1) is 12.7 Å². The van der Waals surface area contributed by atoms with Crippen LogP contribution in [0.4, 0.5) is 0 Å². The summed E-state index contributed by atoms with van der Waals surface area (Å²) in [5.74, 6) is 1.26. The fraction of sp³-hybridized carbons (Fsp3) is 0.714. The highest BCUT2D eigenvalue weighted by Gasteiger charge is 2.42. The number of piperidine rings is 2. The van der Waals surface area contributed by atoms with Crippen molar-refractivity contribution in [1.29, 1.82) is 0 Å². The summed E-state index contributed by atoms with van der Waals surface area (Å²) in [5, 5.41) is 10.6. The monoisotopic (exact) mass is 504 g/mol. The lowest BCUT2D eigenvalue weighted by molar-refractivity contribution is -0.145. The Morgan fingerprint density at radius 3 is 2.31 bits per heavy atom. The molecule has 35 heavy (non-hydrogen) atoms. The van der Waals surface area contributed by atoms with Gasteiger partial charge in [0.2, 0.25) is 11.8 Å². The van der Waals surface area contributed by atoms with E-state index in [1.807, 2.05) is 35.8 Å². The number of carbonyl (C=O) groups excluding carboxylic acids is 2. The normalized spacial score (nSPS) is 24.5. The summed E-state index contributed by atoms with van der Waals surface area (Å²) in [6, 6.07) is 3.90. The average Bonchev–Trinajstić information content (AvgIpc) is 2.86. The van der Waals surface area contributed by atoms with Gasteiger partial charge in [-0.05, 0) is 75.6 Å². The Kier molecular flexibility index (Phi) is 8.64. The van der Waals surface area contributed by atoms with Crippen molar-refractivity contribution in [2.75, 3.05) is 32.8 Å². The minimum atomic E-state index is -0.419. The zero-order valence-electron chi connectivity index (χ0n) is 21.4. The topological polar surface area (TPSA) is 70.1 Å². The molecule has 1 N–H and O–H groups in total. The van der Waals surface area contributed by atoms with Gasteiger partial charge in [0.1, 0.15) is 5.75 Å². The first-order valence-corrected chi connectivity index (χ1v) is 13.8. The molecule has 194 valence electrons. The lowest BCUT2D eigenvalue weighted by Crippen LogP contribution is -2.53. The molecule has 1 aromatic carbocycles. The van der Waals surface area contributed by atoms with Crippen molar-refractivity contribution in [2.45, 2.75) is 84.2 Å². The molecule has 3 aliphatic rings. The third kappa shape index (κ3) is 6.51. The molecule has 0 aromatic heterocycles. The van der Waals surface area contributed by atoms with Crippen molar-refractivity contribution < 1.29 is 19.4 Å². The summed E-state index contributed by atoms with van der Waals surface area (Å²) in [5.41, 5.74) is 1.52. The Labute approximate surface area is 214 Å². The van der Waals surface area contributed by atoms with Crippen LogP contribution in [0.3, 0.4) is 0 Å². The van der Waals surface area contributed by atoms with Crippen molar-refractivity contribution in [2.24, 2.45) is 11.3 Å². The quantitative estimate of drug-likeness (QED) is 0.598. The van der Waals surface area contributed by atoms with Gasteiger partial charge in [-0.2, -0.15) is 0 Å². The molecule has 6 nitrogen and oxygen atoms in total. The number of amides is 2. The molecule has 7 heteroatoms. The van der Waals surface area contributed by atoms with Gasteiger partial charge < -0.3 is 19.6 Å². The Bertz CT molecular complexity index is 885. The van der Waals surface area contributed by atoms with E-state index < -0.39 is 5.41 Å². The second-order valence-electron chi connectivity index (χ2n) is 11.1. The van der Waals surface area contributed by atoms with Gasteiger partial charge >= 0.3 is 0 Å². The first kappa shape index (κ1) is 26.3. The van der Waals surface area contributed by atoms with E-state index in [2.05, 4.69) is 0 Å². The number of benzene rings is 1. The molecular weight excluding hydrogens is 464 g/mol. The highest BCUT2D eigenvalue weighted by molar-refractivity contribution is 6.32. The number of aryl methyl sites for hydroxylation is 2. The minimum Gasteiger partial charge on any atom is -0.493 e. The van der Waals surface area contributed by atoms with E-state index in [4.69, 9.17) is 16.3 Å². The third-order valence-corrected chi connectivity index (χ3v) is 8.82. The molecule has 4 rings (SSSR count). The van der Waals surface area contributed by atoms with Crippen LogP contribution in [0.5, 0.6) is 5.75 Å². The molecular formula is C28H41ClN2O4. The van der Waals surface area contributed by atoms with Crippen LogP contribution in [0, 0.1) is 25.2 Å². The molecule has 1 saturated carbocycles. The first-order valence-electron chi connectivity index (χ1n) is 13.4. The lowest BCUT2D eigenvalue weighted by Gasteiger charge is -2.44. The summed E-state index contributed by atoms with van der Waals surface area (Å²) < 4.78 is 6.34. The third-order valence-electron chi connectivity index (χ3n) is 8.23. The fourth-order valence-corrected chi connectivity index (χ4v) is 6.20. The first-order chi connectivity index (χ1) is 16.8. The van der Waals surface area contributed by atoms with Crippen molar-refractivity contribution in [3.8, 4) is 5.75 Å². The fourth-order valence-electron chi connectivity index (χ4n) is 6.09. The van der Waals surface area contributed by atoms with Crippen molar-refractivity contribution in [3.63, 3.8) is 0 Å². The van der Waals surface area contributed by atoms with Crippen LogP contribution in [-0.2, 0) is 9.59 Å². The van der Waals surface area contributed by atoms with Crippen LogP contribution in [0.25, 0.3) is 0 Å². The number of hydrogen-bond acceptors (Lipinski definition) is 4. The smallest absolute Gasteiger partial charge is 0.225 e. The van der Waals surface area contributed by atoms with Gasteiger partial charge in [-0.25, -0.2) is 0 Å². The van der Waals surface area contributed by atoms with E-state index in [1.54, 1.807) is 0 Å². The van der Waals surface area contributed by atoms with E-state index in [0.29, 0.717) is 45.5 Å². The Hall–Kier alpha value is -1.79. The molecule has 1 atom stereocenters. The van der Waals surface area contributed by atoms with Crippen LogP contribution in [0.15, 0.2) is 12.1 Å². The summed E-state index contributed by atoms with van der Waals surface area (Å²) in [6.45, 7) is 6.85. The summed E-state index contributed by atoms with van der Waals surface area (Å²) in [4.78, 5) is 30.7. The molecule has 2 aliphatic heterocycles. The van der Waals surface area contributed by atoms with Crippen LogP contribution >= 0.6 is 11.6 Å². The largest absolute Gasteiger partial charge is 0.493 e. The number of likely N-dealkylation sites (tertiary alicyclic amines) is 2. The average molecular weight is 505 g/mol. The van der Waals surface area contributed by atoms with Crippen LogP contribution < -0.4 is 4.74 Å². The Morgan fingerprint density at radius 1 is 1.00 bits per heavy atom. The molecule has 0 spiro atoms. The molecule has 0 unspecified atom stereocenters. The molecule has 2 amide bonds. The molecule has 2 heterocycles. The van der Waals surface area contributed by atoms with E-state index in [1.165, 1.54) is 6.42 Å². The second-order valence-corrected chi connectivity index (χ2v) is 11.5. The van der Waals surface area contributed by atoms with Crippen molar-refractivity contribution >= 4 is 23.4 Å². The second kappa shape index (κ2) is 11.5. The van der Waals surface area contributed by atoms with E-state index in [0.717, 1.165) is 67.0 Å². The van der Waals surface area contributed by atoms with E-state index >= 15 is 0 Å². The van der Waals surface area contributed by atoms with Crippen molar-refractivity contribution in [1.82, 2.24) is 9.80 Å². The SMILES string of the molecule is Cc1cc(OC[C@@]2(CC(=O)N3CCC(O)CC3)CCCN(C(=O)C3CCCCC3)C2)cc(C)c1Cl. The Balaban J connectivity index is 1.51. The lowest BCUT2D eigenvalue weighted by atomic mass is 9.76. The summed E-state index contributed by atoms with van der Waals surface area (Å²) in [6.07, 6.45) is 8.50. The number of aliphatic hydroxyl groups excluding tert-OH is 1. The zero-order valence-corrected chi connectivity index (χ0v) is 22.1.